The number of anilines is 2. The third kappa shape index (κ3) is 9.10. The Morgan fingerprint density at radius 3 is 1.08 bits per heavy atom. The number of rotatable bonds is 14. The van der Waals surface area contributed by atoms with Gasteiger partial charge in [-0.3, -0.25) is 19.3 Å². The number of carbonyl (C=O) groups excluding carboxylic acids is 3. The van der Waals surface area contributed by atoms with E-state index in [1.165, 1.54) is 4.90 Å². The van der Waals surface area contributed by atoms with Gasteiger partial charge in [-0.1, -0.05) is 268 Å². The molecule has 1 unspecified atom stereocenters. The predicted octanol–water partition coefficient (Wildman–Crippen LogP) is 21.9. The molecule has 0 fully saturated rings. The normalized spacial score (nSPS) is 14.0. The summed E-state index contributed by atoms with van der Waals surface area (Å²) < 4.78 is 15.6. The van der Waals surface area contributed by atoms with Gasteiger partial charge in [-0.25, -0.2) is 4.90 Å². The molecule has 1 N–H and O–H groups in total. The fourth-order valence-corrected chi connectivity index (χ4v) is 14.5. The second-order valence-corrected chi connectivity index (χ2v) is 25.7. The number of carbonyl (C=O) groups is 3. The average Bonchev–Trinajstić information content (AvgIpc) is 0.680. The summed E-state index contributed by atoms with van der Waals surface area (Å²) in [7, 11) is 0. The van der Waals surface area contributed by atoms with Crippen LogP contribution in [0.15, 0.2) is 231 Å². The van der Waals surface area contributed by atoms with E-state index in [0.29, 0.717) is 99.7 Å². The number of aliphatic hydroxyl groups excluding tert-OH is 1. The number of para-hydroxylation sites is 4. The van der Waals surface area contributed by atoms with Crippen LogP contribution < -0.4 is 19.3 Å². The SMILES string of the molecule is CC(C)c1cccc(C(C)C)c1N1C(=O)c2ccc3c4c(Oc5c(-c6ccccc6)cccc5-c5ccccc5)cc5c6c(ccc(c7c(Oc8c(-c9ccccc9)cccc8-c8ccccc8)cc(c2c37)C1=O)c64)C(O)N(c1c(C(C)C)cccc1C(C)C)C5=O. The Morgan fingerprint density at radius 2 is 0.674 bits per heavy atom. The third-order valence-corrected chi connectivity index (χ3v) is 18.8. The zero-order valence-corrected chi connectivity index (χ0v) is 52.7. The molecule has 0 bridgehead atoms. The van der Waals surface area contributed by atoms with E-state index in [9.17, 15) is 5.11 Å². The molecule has 92 heavy (non-hydrogen) atoms. The molecule has 2 aliphatic rings. The molecule has 13 aromatic rings. The van der Waals surface area contributed by atoms with Crippen LogP contribution in [0, 0.1) is 0 Å². The lowest BCUT2D eigenvalue weighted by Crippen LogP contribution is -2.42. The van der Waals surface area contributed by atoms with Gasteiger partial charge in [0.2, 0.25) is 0 Å². The number of nitrogens with zero attached hydrogens (tertiary/aromatic N) is 2. The van der Waals surface area contributed by atoms with Crippen LogP contribution in [-0.2, 0) is 0 Å². The quantitative estimate of drug-likeness (QED) is 0.0662. The van der Waals surface area contributed by atoms with Gasteiger partial charge < -0.3 is 14.6 Å². The third-order valence-electron chi connectivity index (χ3n) is 18.8. The van der Waals surface area contributed by atoms with Crippen LogP contribution >= 0.6 is 0 Å². The van der Waals surface area contributed by atoms with Gasteiger partial charge in [0.05, 0.1) is 22.5 Å². The molecule has 0 aliphatic carbocycles. The number of aliphatic hydroxyl groups is 1. The first-order valence-electron chi connectivity index (χ1n) is 32.0. The van der Waals surface area contributed by atoms with Crippen LogP contribution in [-0.4, -0.2) is 22.8 Å². The van der Waals surface area contributed by atoms with E-state index in [1.54, 1.807) is 4.90 Å². The van der Waals surface area contributed by atoms with Crippen molar-refractivity contribution in [2.75, 3.05) is 9.80 Å². The summed E-state index contributed by atoms with van der Waals surface area (Å²) in [6.45, 7) is 16.8. The Kier molecular flexibility index (Phi) is 14.2. The molecule has 0 saturated heterocycles. The molecule has 8 heteroatoms. The van der Waals surface area contributed by atoms with Gasteiger partial charge in [-0.2, -0.15) is 0 Å². The molecule has 15 rings (SSSR count). The van der Waals surface area contributed by atoms with E-state index in [1.807, 2.05) is 146 Å². The molecule has 0 aromatic heterocycles. The fraction of sp³-hybridized carbons (Fsp3) is 0.155. The van der Waals surface area contributed by atoms with Crippen LogP contribution in [0.5, 0.6) is 23.0 Å². The van der Waals surface area contributed by atoms with Crippen LogP contribution in [0.3, 0.4) is 0 Å². The molecule has 0 spiro atoms. The van der Waals surface area contributed by atoms with Crippen molar-refractivity contribution in [3.05, 3.63) is 275 Å². The van der Waals surface area contributed by atoms with E-state index < -0.39 is 18.0 Å². The molecule has 8 nitrogen and oxygen atoms in total. The van der Waals surface area contributed by atoms with Crippen LogP contribution in [0.1, 0.15) is 144 Å². The minimum Gasteiger partial charge on any atom is -0.455 e. The summed E-state index contributed by atoms with van der Waals surface area (Å²) >= 11 is 0. The fourth-order valence-electron chi connectivity index (χ4n) is 14.5. The highest BCUT2D eigenvalue weighted by molar-refractivity contribution is 6.44. The van der Waals surface area contributed by atoms with Crippen LogP contribution in [0.4, 0.5) is 11.4 Å². The maximum absolute atomic E-state index is 16.5. The van der Waals surface area contributed by atoms with Crippen molar-refractivity contribution in [3.8, 4) is 67.5 Å². The van der Waals surface area contributed by atoms with Crippen molar-refractivity contribution in [2.45, 2.75) is 85.3 Å². The highest BCUT2D eigenvalue weighted by Gasteiger charge is 2.43. The van der Waals surface area contributed by atoms with Crippen LogP contribution in [0.25, 0.3) is 87.6 Å². The maximum Gasteiger partial charge on any atom is 0.266 e. The summed E-state index contributed by atoms with van der Waals surface area (Å²) in [5.74, 6) is 0.509. The maximum atomic E-state index is 16.5. The summed E-state index contributed by atoms with van der Waals surface area (Å²) in [5, 5.41) is 18.2. The van der Waals surface area contributed by atoms with Crippen molar-refractivity contribution >= 4 is 72.2 Å². The van der Waals surface area contributed by atoms with E-state index in [2.05, 4.69) is 140 Å². The van der Waals surface area contributed by atoms with E-state index in [-0.39, 0.29) is 29.6 Å². The second kappa shape index (κ2) is 22.7. The average molecular weight is 1200 g/mol. The molecular formula is C84H68N2O6. The zero-order valence-electron chi connectivity index (χ0n) is 52.7. The first-order chi connectivity index (χ1) is 44.7. The lowest BCUT2D eigenvalue weighted by atomic mass is 9.80. The van der Waals surface area contributed by atoms with Gasteiger partial charge in [0, 0.05) is 65.7 Å². The van der Waals surface area contributed by atoms with Crippen molar-refractivity contribution in [2.24, 2.45) is 0 Å². The number of fused-ring (bicyclic) bond motifs is 2. The van der Waals surface area contributed by atoms with Gasteiger partial charge in [-0.05, 0) is 97.2 Å². The van der Waals surface area contributed by atoms with Gasteiger partial charge in [0.15, 0.2) is 6.23 Å². The molecule has 2 heterocycles. The van der Waals surface area contributed by atoms with Gasteiger partial charge in [0.1, 0.15) is 23.0 Å². The molecule has 450 valence electrons. The summed E-state index contributed by atoms with van der Waals surface area (Å²) in [4.78, 5) is 51.9. The first-order valence-corrected chi connectivity index (χ1v) is 32.0. The van der Waals surface area contributed by atoms with Crippen molar-refractivity contribution in [1.82, 2.24) is 0 Å². The number of amides is 3. The smallest absolute Gasteiger partial charge is 0.266 e. The summed E-state index contributed by atoms with van der Waals surface area (Å²) in [5.41, 5.74) is 13.5. The minimum atomic E-state index is -1.41. The van der Waals surface area contributed by atoms with E-state index in [4.69, 9.17) is 9.47 Å². The molecule has 0 radical (unpaired) electrons. The van der Waals surface area contributed by atoms with Gasteiger partial charge in [0.25, 0.3) is 17.7 Å². The molecule has 0 saturated carbocycles. The number of ether oxygens (including phenoxy) is 2. The highest BCUT2D eigenvalue weighted by atomic mass is 16.5. The van der Waals surface area contributed by atoms with Crippen molar-refractivity contribution in [3.63, 3.8) is 0 Å². The lowest BCUT2D eigenvalue weighted by molar-refractivity contribution is 0.0870. The zero-order chi connectivity index (χ0) is 63.4. The Balaban J connectivity index is 1.10. The summed E-state index contributed by atoms with van der Waals surface area (Å²) in [6, 6.07) is 76.6. The Bertz CT molecular complexity index is 4960. The highest BCUT2D eigenvalue weighted by Crippen LogP contribution is 2.57. The van der Waals surface area contributed by atoms with Crippen molar-refractivity contribution < 1.29 is 29.0 Å². The topological polar surface area (TPSA) is 96.4 Å². The molecule has 1 atom stereocenters. The van der Waals surface area contributed by atoms with Gasteiger partial charge >= 0.3 is 0 Å². The number of imide groups is 1. The Hall–Kier alpha value is -10.7. The summed E-state index contributed by atoms with van der Waals surface area (Å²) in [6.07, 6.45) is -1.41. The monoisotopic (exact) mass is 1200 g/mol. The van der Waals surface area contributed by atoms with Gasteiger partial charge in [-0.15, -0.1) is 0 Å². The number of hydrogen-bond acceptors (Lipinski definition) is 6. The lowest BCUT2D eigenvalue weighted by Gasteiger charge is -2.38. The standard InChI is InChI=1S/C84H68N2O6/c1-47(2)55-33-21-34-56(48(3)4)77(55)85-81(87)65-43-41-63-74-70(92-80-61(53-29-17-11-18-30-53)39-24-40-62(80)54-31-19-12-20-32-54)46-68-72-66(82(88)86(84(68)90)78-57(49(5)6)35-22-36-58(78)50(7)8)44-42-64(76(72)74)73-69(45-67(83(85)89)71(65)75(63)73)91-79-59(51-25-13-9-14-26-51)37-23-38-60(79)52-27-15-10-16-28-52/h9-50,81,87H,1-8H3. The molecule has 2 aliphatic heterocycles. The Morgan fingerprint density at radius 1 is 0.326 bits per heavy atom. The Labute approximate surface area is 535 Å². The van der Waals surface area contributed by atoms with Crippen molar-refractivity contribution in [1.29, 1.82) is 0 Å². The minimum absolute atomic E-state index is 0.00441. The molecular weight excluding hydrogens is 1130 g/mol. The van der Waals surface area contributed by atoms with E-state index in [0.717, 1.165) is 66.8 Å². The van der Waals surface area contributed by atoms with E-state index >= 15 is 14.4 Å². The largest absolute Gasteiger partial charge is 0.455 e. The molecule has 3 amide bonds. The van der Waals surface area contributed by atoms with Crippen LogP contribution in [0.2, 0.25) is 0 Å². The first kappa shape index (κ1) is 57.7. The predicted molar refractivity (Wildman–Crippen MR) is 375 cm³/mol. The number of benzene rings is 13. The second-order valence-electron chi connectivity index (χ2n) is 25.7. The molecule has 13 aromatic carbocycles. The number of hydrogen-bond donors (Lipinski definition) is 1.